The lowest BCUT2D eigenvalue weighted by molar-refractivity contribution is -0.117. The quantitative estimate of drug-likeness (QED) is 0.477. The molecule has 1 heterocycles. The number of hydrogen-bond acceptors (Lipinski definition) is 4. The fourth-order valence-corrected chi connectivity index (χ4v) is 9.43. The third-order valence-electron chi connectivity index (χ3n) is 6.66. The summed E-state index contributed by atoms with van der Waals surface area (Å²) in [7, 11) is -2.79. The number of benzene rings is 2. The van der Waals surface area contributed by atoms with E-state index in [-0.39, 0.29) is 17.4 Å². The average Bonchev–Trinajstić information content (AvgIpc) is 3.61. The summed E-state index contributed by atoms with van der Waals surface area (Å²) < 4.78 is 12.5. The van der Waals surface area contributed by atoms with Crippen LogP contribution in [0.3, 0.4) is 0 Å². The van der Waals surface area contributed by atoms with Crippen LogP contribution in [0.1, 0.15) is 40.5 Å². The third kappa shape index (κ3) is 4.43. The van der Waals surface area contributed by atoms with Crippen molar-refractivity contribution in [1.82, 2.24) is 0 Å². The third-order valence-corrected chi connectivity index (χ3v) is 11.6. The van der Waals surface area contributed by atoms with Crippen molar-refractivity contribution in [2.24, 2.45) is 0 Å². The van der Waals surface area contributed by atoms with E-state index in [2.05, 4.69) is 52.0 Å². The fraction of sp³-hybridized carbons (Fsp3) is 0.393. The van der Waals surface area contributed by atoms with Gasteiger partial charge < -0.3 is 14.3 Å². The zero-order chi connectivity index (χ0) is 23.6. The molecule has 2 aliphatic rings. The Morgan fingerprint density at radius 1 is 1.03 bits per heavy atom. The van der Waals surface area contributed by atoms with Crippen molar-refractivity contribution in [3.63, 3.8) is 0 Å². The molecule has 2 aromatic carbocycles. The molecular weight excluding hydrogens is 428 g/mol. The molecule has 0 saturated carbocycles. The minimum absolute atomic E-state index is 0.0561. The number of aliphatic hydroxyl groups is 1. The normalized spacial score (nSPS) is 23.2. The highest BCUT2D eigenvalue weighted by Gasteiger charge is 2.56. The Morgan fingerprint density at radius 3 is 2.12 bits per heavy atom. The number of hydrogen-bond donors (Lipinski definition) is 1. The van der Waals surface area contributed by atoms with Gasteiger partial charge in [-0.3, -0.25) is 4.79 Å². The van der Waals surface area contributed by atoms with Crippen LogP contribution in [0.2, 0.25) is 5.04 Å². The second-order valence-corrected chi connectivity index (χ2v) is 14.2. The number of allylic oxidation sites excluding steroid dienone is 1. The molecule has 1 aliphatic carbocycles. The van der Waals surface area contributed by atoms with E-state index in [1.807, 2.05) is 48.6 Å². The molecule has 2 aromatic rings. The summed E-state index contributed by atoms with van der Waals surface area (Å²) in [4.78, 5) is 13.2. The molecule has 1 fully saturated rings. The maximum atomic E-state index is 13.2. The summed E-state index contributed by atoms with van der Waals surface area (Å²) in [5.74, 6) is -0.0561. The van der Waals surface area contributed by atoms with Gasteiger partial charge in [0, 0.05) is 5.57 Å². The maximum Gasteiger partial charge on any atom is 0.261 e. The summed E-state index contributed by atoms with van der Waals surface area (Å²) in [6, 6.07) is 20.8. The van der Waals surface area contributed by atoms with Crippen molar-refractivity contribution in [3.8, 4) is 0 Å². The van der Waals surface area contributed by atoms with Gasteiger partial charge in [0.2, 0.25) is 0 Å². The Hall–Kier alpha value is -2.31. The molecule has 0 radical (unpaired) electrons. The number of carbonyl (C=O) groups excluding carboxylic acids is 1. The summed E-state index contributed by atoms with van der Waals surface area (Å²) in [6.07, 6.45) is 4.06. The number of ether oxygens (including phenoxy) is 1. The lowest BCUT2D eigenvalue weighted by Crippen LogP contribution is -2.66. The molecule has 0 bridgehead atoms. The topological polar surface area (TPSA) is 59.1 Å². The first-order valence-corrected chi connectivity index (χ1v) is 13.7. The van der Waals surface area contributed by atoms with Crippen molar-refractivity contribution in [2.75, 3.05) is 6.61 Å². The molecule has 1 aliphatic heterocycles. The molecule has 0 amide bonds. The molecule has 33 heavy (non-hydrogen) atoms. The number of rotatable bonds is 8. The van der Waals surface area contributed by atoms with Crippen LogP contribution in [0.5, 0.6) is 0 Å². The molecule has 0 spiro atoms. The van der Waals surface area contributed by atoms with Crippen LogP contribution in [0.15, 0.2) is 84.0 Å². The highest BCUT2D eigenvalue weighted by Crippen LogP contribution is 2.41. The van der Waals surface area contributed by atoms with Crippen LogP contribution in [0.25, 0.3) is 0 Å². The zero-order valence-electron chi connectivity index (χ0n) is 20.0. The summed E-state index contributed by atoms with van der Waals surface area (Å²) in [5.41, 5.74) is 1.19. The second-order valence-electron chi connectivity index (χ2n) is 9.91. The lowest BCUT2D eigenvalue weighted by atomic mass is 9.88. The molecule has 3 atom stereocenters. The smallest absolute Gasteiger partial charge is 0.261 e. The van der Waals surface area contributed by atoms with Crippen molar-refractivity contribution in [3.05, 3.63) is 84.0 Å². The standard InChI is InChI=1S/C28H34O4Si/c1-5-6-9-18-22-23(25(30)27-26(32-27)24(22)29)19-31-33(28(2,3)4,20-14-10-7-11-15-20)21-16-12-8-13-17-21/h7-18,24,26-27,29H,5-6,19H2,1-4H3/b18-9+/t24-,26+,27-/m1/s1. The van der Waals surface area contributed by atoms with Crippen LogP contribution in [-0.2, 0) is 14.0 Å². The van der Waals surface area contributed by atoms with E-state index in [1.165, 1.54) is 0 Å². The van der Waals surface area contributed by atoms with Crippen LogP contribution < -0.4 is 10.4 Å². The van der Waals surface area contributed by atoms with Gasteiger partial charge in [0.15, 0.2) is 5.78 Å². The first-order valence-electron chi connectivity index (χ1n) is 11.8. The largest absolute Gasteiger partial charge is 0.403 e. The van der Waals surface area contributed by atoms with E-state index in [1.54, 1.807) is 0 Å². The Labute approximate surface area is 198 Å². The number of unbranched alkanes of at least 4 members (excludes halogenated alkanes) is 1. The molecule has 0 unspecified atom stereocenters. The fourth-order valence-electron chi connectivity index (χ4n) is 4.92. The maximum absolute atomic E-state index is 13.2. The first-order chi connectivity index (χ1) is 15.8. The van der Waals surface area contributed by atoms with Gasteiger partial charge in [0.05, 0.1) is 6.61 Å². The number of epoxide rings is 1. The Bertz CT molecular complexity index is 997. The van der Waals surface area contributed by atoms with E-state index in [0.717, 1.165) is 23.2 Å². The van der Waals surface area contributed by atoms with E-state index >= 15 is 0 Å². The highest BCUT2D eigenvalue weighted by molar-refractivity contribution is 6.99. The number of carbonyl (C=O) groups is 1. The molecule has 4 nitrogen and oxygen atoms in total. The van der Waals surface area contributed by atoms with Gasteiger partial charge in [-0.1, -0.05) is 107 Å². The van der Waals surface area contributed by atoms with Gasteiger partial charge in [-0.05, 0) is 27.4 Å². The highest BCUT2D eigenvalue weighted by atomic mass is 28.4. The molecule has 1 saturated heterocycles. The van der Waals surface area contributed by atoms with Crippen molar-refractivity contribution < 1.29 is 19.1 Å². The minimum Gasteiger partial charge on any atom is -0.403 e. The average molecular weight is 463 g/mol. The summed E-state index contributed by atoms with van der Waals surface area (Å²) in [6.45, 7) is 8.91. The van der Waals surface area contributed by atoms with Gasteiger partial charge in [-0.25, -0.2) is 0 Å². The molecule has 5 heteroatoms. The van der Waals surface area contributed by atoms with Crippen LogP contribution in [-0.4, -0.2) is 44.1 Å². The van der Waals surface area contributed by atoms with Gasteiger partial charge >= 0.3 is 0 Å². The lowest BCUT2D eigenvalue weighted by Gasteiger charge is -2.43. The van der Waals surface area contributed by atoms with Gasteiger partial charge in [0.25, 0.3) is 8.32 Å². The Balaban J connectivity index is 1.80. The van der Waals surface area contributed by atoms with E-state index in [4.69, 9.17) is 9.16 Å². The van der Waals surface area contributed by atoms with E-state index in [9.17, 15) is 9.90 Å². The zero-order valence-corrected chi connectivity index (χ0v) is 21.0. The van der Waals surface area contributed by atoms with E-state index in [0.29, 0.717) is 11.1 Å². The molecule has 4 rings (SSSR count). The van der Waals surface area contributed by atoms with Crippen molar-refractivity contribution in [1.29, 1.82) is 0 Å². The first kappa shape index (κ1) is 23.8. The second kappa shape index (κ2) is 9.51. The summed E-state index contributed by atoms with van der Waals surface area (Å²) >= 11 is 0. The predicted octanol–water partition coefficient (Wildman–Crippen LogP) is 3.93. The van der Waals surface area contributed by atoms with Crippen molar-refractivity contribution in [2.45, 2.75) is 63.9 Å². The number of Topliss-reactive ketones (excluding diaryl/α,β-unsaturated/α-hetero) is 1. The minimum atomic E-state index is -2.79. The predicted molar refractivity (Wildman–Crippen MR) is 134 cm³/mol. The van der Waals surface area contributed by atoms with Crippen LogP contribution >= 0.6 is 0 Å². The Kier molecular flexibility index (Phi) is 6.87. The molecule has 0 aromatic heterocycles. The molecule has 174 valence electrons. The summed E-state index contributed by atoms with van der Waals surface area (Å²) in [5, 5.41) is 13.0. The number of fused-ring (bicyclic) bond motifs is 1. The van der Waals surface area contributed by atoms with Crippen LogP contribution in [0, 0.1) is 0 Å². The number of aliphatic hydroxyl groups excluding tert-OH is 1. The van der Waals surface area contributed by atoms with Gasteiger partial charge in [-0.2, -0.15) is 0 Å². The molecular formula is C28H34O4Si. The number of ketones is 1. The SMILES string of the molecule is CCC/C=C/C1=C(CO[Si](c2ccccc2)(c2ccccc2)C(C)(C)C)C(=O)[C@H]2O[C@H]2[C@@H]1O. The monoisotopic (exact) mass is 462 g/mol. The van der Waals surface area contributed by atoms with E-state index < -0.39 is 26.6 Å². The van der Waals surface area contributed by atoms with Gasteiger partial charge in [0.1, 0.15) is 18.3 Å². The van der Waals surface area contributed by atoms with Gasteiger partial charge in [-0.15, -0.1) is 0 Å². The molecule has 1 N–H and O–H groups in total. The van der Waals surface area contributed by atoms with Crippen LogP contribution in [0.4, 0.5) is 0 Å². The Morgan fingerprint density at radius 2 is 1.61 bits per heavy atom. The van der Waals surface area contributed by atoms with Crippen molar-refractivity contribution >= 4 is 24.5 Å².